The second-order valence-electron chi connectivity index (χ2n) is 7.15. The Hall–Kier alpha value is -2.08. The average Bonchev–Trinajstić information content (AvgIpc) is 2.67. The number of benzene rings is 1. The lowest BCUT2D eigenvalue weighted by Gasteiger charge is -2.41. The van der Waals surface area contributed by atoms with E-state index in [-0.39, 0.29) is 17.9 Å². The molecule has 6 heteroatoms. The zero-order valence-corrected chi connectivity index (χ0v) is 14.8. The van der Waals surface area contributed by atoms with Crippen LogP contribution in [0.15, 0.2) is 18.2 Å². The van der Waals surface area contributed by atoms with Crippen LogP contribution in [-0.2, 0) is 4.79 Å². The van der Waals surface area contributed by atoms with E-state index < -0.39 is 0 Å². The molecule has 2 saturated heterocycles. The fourth-order valence-corrected chi connectivity index (χ4v) is 4.18. The van der Waals surface area contributed by atoms with Crippen LogP contribution < -0.4 is 10.2 Å². The molecule has 1 aromatic carbocycles. The van der Waals surface area contributed by atoms with Crippen molar-refractivity contribution in [3.05, 3.63) is 23.8 Å². The van der Waals surface area contributed by atoms with E-state index in [1.54, 1.807) is 0 Å². The van der Waals surface area contributed by atoms with E-state index >= 15 is 0 Å². The van der Waals surface area contributed by atoms with Crippen LogP contribution in [0.2, 0.25) is 0 Å². The molecule has 3 heterocycles. The van der Waals surface area contributed by atoms with E-state index in [9.17, 15) is 9.59 Å². The molecule has 0 saturated carbocycles. The van der Waals surface area contributed by atoms with E-state index in [1.807, 2.05) is 23.1 Å². The molecule has 0 radical (unpaired) electrons. The molecule has 3 aliphatic rings. The lowest BCUT2D eigenvalue weighted by Crippen LogP contribution is -2.50. The first-order valence-corrected chi connectivity index (χ1v) is 9.40. The van der Waals surface area contributed by atoms with Crippen molar-refractivity contribution in [2.45, 2.75) is 32.2 Å². The zero-order chi connectivity index (χ0) is 17.4. The van der Waals surface area contributed by atoms with Gasteiger partial charge in [0.05, 0.1) is 11.4 Å². The summed E-state index contributed by atoms with van der Waals surface area (Å²) in [4.78, 5) is 31.7. The van der Waals surface area contributed by atoms with Gasteiger partial charge >= 0.3 is 0 Å². The number of piperazine rings is 1. The summed E-state index contributed by atoms with van der Waals surface area (Å²) in [5.74, 6) is 0.127. The van der Waals surface area contributed by atoms with Crippen LogP contribution in [-0.4, -0.2) is 66.9 Å². The largest absolute Gasteiger partial charge is 0.358 e. The topological polar surface area (TPSA) is 55.9 Å². The fourth-order valence-electron chi connectivity index (χ4n) is 4.18. The molecule has 0 unspecified atom stereocenters. The fraction of sp³-hybridized carbons (Fsp3) is 0.579. The minimum absolute atomic E-state index is 0.0510. The summed E-state index contributed by atoms with van der Waals surface area (Å²) in [6.45, 7) is 7.49. The lowest BCUT2D eigenvalue weighted by molar-refractivity contribution is -0.118. The lowest BCUT2D eigenvalue weighted by atomic mass is 9.96. The van der Waals surface area contributed by atoms with Crippen molar-refractivity contribution >= 4 is 23.2 Å². The van der Waals surface area contributed by atoms with Crippen LogP contribution in [0.4, 0.5) is 11.4 Å². The number of carbonyl (C=O) groups is 2. The van der Waals surface area contributed by atoms with Gasteiger partial charge in [-0.3, -0.25) is 9.59 Å². The summed E-state index contributed by atoms with van der Waals surface area (Å²) in [5, 5.41) is 3.01. The number of anilines is 2. The van der Waals surface area contributed by atoms with Gasteiger partial charge in [-0.2, -0.15) is 0 Å². The molecule has 2 amide bonds. The Labute approximate surface area is 148 Å². The second-order valence-corrected chi connectivity index (χ2v) is 7.15. The zero-order valence-electron chi connectivity index (χ0n) is 14.8. The quantitative estimate of drug-likeness (QED) is 0.890. The Kier molecular flexibility index (Phi) is 4.37. The maximum Gasteiger partial charge on any atom is 0.254 e. The third-order valence-corrected chi connectivity index (χ3v) is 5.72. The van der Waals surface area contributed by atoms with Crippen LogP contribution >= 0.6 is 0 Å². The SMILES string of the molecule is CCN1CCN(C(=O)c2ccc3c(c2)NC(=O)[C@H]2CCCCN32)CC1. The molecule has 0 bridgehead atoms. The molecule has 4 rings (SSSR count). The van der Waals surface area contributed by atoms with Gasteiger partial charge in [0, 0.05) is 38.3 Å². The molecule has 0 aromatic heterocycles. The number of nitrogens with zero attached hydrogens (tertiary/aromatic N) is 3. The van der Waals surface area contributed by atoms with E-state index in [0.717, 1.165) is 69.9 Å². The van der Waals surface area contributed by atoms with Gasteiger partial charge in [-0.15, -0.1) is 0 Å². The third-order valence-electron chi connectivity index (χ3n) is 5.72. The molecular weight excluding hydrogens is 316 g/mol. The highest BCUT2D eigenvalue weighted by Gasteiger charge is 2.35. The van der Waals surface area contributed by atoms with Gasteiger partial charge in [0.2, 0.25) is 5.91 Å². The number of fused-ring (bicyclic) bond motifs is 3. The van der Waals surface area contributed by atoms with Crippen molar-refractivity contribution in [1.29, 1.82) is 0 Å². The predicted octanol–water partition coefficient (Wildman–Crippen LogP) is 1.78. The van der Waals surface area contributed by atoms with Crippen LogP contribution in [0.3, 0.4) is 0 Å². The van der Waals surface area contributed by atoms with Crippen molar-refractivity contribution in [3.63, 3.8) is 0 Å². The Balaban J connectivity index is 1.54. The smallest absolute Gasteiger partial charge is 0.254 e. The van der Waals surface area contributed by atoms with Crippen molar-refractivity contribution in [3.8, 4) is 0 Å². The molecule has 134 valence electrons. The van der Waals surface area contributed by atoms with Gasteiger partial charge < -0.3 is 20.0 Å². The predicted molar refractivity (Wildman–Crippen MR) is 98.1 cm³/mol. The molecule has 2 fully saturated rings. The molecular formula is C19H26N4O2. The number of carbonyl (C=O) groups excluding carboxylic acids is 2. The van der Waals surface area contributed by atoms with Crippen LogP contribution in [0, 0.1) is 0 Å². The van der Waals surface area contributed by atoms with E-state index in [2.05, 4.69) is 22.0 Å². The minimum atomic E-state index is -0.0510. The summed E-state index contributed by atoms with van der Waals surface area (Å²) in [5.41, 5.74) is 2.50. The summed E-state index contributed by atoms with van der Waals surface area (Å²) < 4.78 is 0. The van der Waals surface area contributed by atoms with Crippen molar-refractivity contribution < 1.29 is 9.59 Å². The number of piperidine rings is 1. The number of hydrogen-bond donors (Lipinski definition) is 1. The van der Waals surface area contributed by atoms with E-state index in [1.165, 1.54) is 0 Å². The second kappa shape index (κ2) is 6.67. The van der Waals surface area contributed by atoms with E-state index in [4.69, 9.17) is 0 Å². The Morgan fingerprint density at radius 1 is 1.16 bits per heavy atom. The number of hydrogen-bond acceptors (Lipinski definition) is 4. The van der Waals surface area contributed by atoms with Gasteiger partial charge in [-0.05, 0) is 44.0 Å². The summed E-state index contributed by atoms with van der Waals surface area (Å²) in [7, 11) is 0. The van der Waals surface area contributed by atoms with Gasteiger partial charge in [-0.25, -0.2) is 0 Å². The van der Waals surface area contributed by atoms with Gasteiger partial charge in [0.25, 0.3) is 5.91 Å². The van der Waals surface area contributed by atoms with Crippen LogP contribution in [0.1, 0.15) is 36.5 Å². The van der Waals surface area contributed by atoms with Crippen molar-refractivity contribution in [2.75, 3.05) is 49.5 Å². The molecule has 1 atom stereocenters. The molecule has 1 aromatic rings. The summed E-state index contributed by atoms with van der Waals surface area (Å²) >= 11 is 0. The van der Waals surface area contributed by atoms with Crippen LogP contribution in [0.25, 0.3) is 0 Å². The average molecular weight is 342 g/mol. The molecule has 0 spiro atoms. The highest BCUT2D eigenvalue weighted by atomic mass is 16.2. The highest BCUT2D eigenvalue weighted by molar-refractivity contribution is 6.05. The highest BCUT2D eigenvalue weighted by Crippen LogP contribution is 2.36. The summed E-state index contributed by atoms with van der Waals surface area (Å²) in [6, 6.07) is 5.72. The molecule has 1 N–H and O–H groups in total. The number of amides is 2. The van der Waals surface area contributed by atoms with Gasteiger partial charge in [-0.1, -0.05) is 6.92 Å². The van der Waals surface area contributed by atoms with Gasteiger partial charge in [0.1, 0.15) is 6.04 Å². The first-order chi connectivity index (χ1) is 12.2. The van der Waals surface area contributed by atoms with Crippen molar-refractivity contribution in [1.82, 2.24) is 9.80 Å². The third kappa shape index (κ3) is 2.99. The first-order valence-electron chi connectivity index (χ1n) is 9.40. The maximum absolute atomic E-state index is 12.8. The minimum Gasteiger partial charge on any atom is -0.358 e. The normalized spacial score (nSPS) is 23.7. The molecule has 0 aliphatic carbocycles. The van der Waals surface area contributed by atoms with Gasteiger partial charge in [0.15, 0.2) is 0 Å². The Bertz CT molecular complexity index is 682. The van der Waals surface area contributed by atoms with Crippen molar-refractivity contribution in [2.24, 2.45) is 0 Å². The number of likely N-dealkylation sites (N-methyl/N-ethyl adjacent to an activating group) is 1. The standard InChI is InChI=1S/C19H26N4O2/c1-2-21-9-11-22(12-10-21)19(25)14-6-7-16-15(13-14)20-18(24)17-5-3-4-8-23(16)17/h6-7,13,17H,2-5,8-12H2,1H3,(H,20,24)/t17-/m1/s1. The number of rotatable bonds is 2. The Morgan fingerprint density at radius 3 is 2.72 bits per heavy atom. The maximum atomic E-state index is 12.8. The Morgan fingerprint density at radius 2 is 1.96 bits per heavy atom. The number of nitrogens with one attached hydrogen (secondary N) is 1. The van der Waals surface area contributed by atoms with E-state index in [0.29, 0.717) is 5.56 Å². The molecule has 3 aliphatic heterocycles. The first kappa shape index (κ1) is 16.4. The molecule has 25 heavy (non-hydrogen) atoms. The monoisotopic (exact) mass is 342 g/mol. The summed E-state index contributed by atoms with van der Waals surface area (Å²) in [6.07, 6.45) is 3.13. The molecule has 6 nitrogen and oxygen atoms in total. The van der Waals surface area contributed by atoms with Crippen LogP contribution in [0.5, 0.6) is 0 Å².